The Morgan fingerprint density at radius 1 is 1.10 bits per heavy atom. The Bertz CT molecular complexity index is 1090. The lowest BCUT2D eigenvalue weighted by atomic mass is 9.99. The third-order valence-electron chi connectivity index (χ3n) is 7.23. The lowest BCUT2D eigenvalue weighted by molar-refractivity contribution is -0.134. The van der Waals surface area contributed by atoms with Crippen molar-refractivity contribution in [2.75, 3.05) is 24.6 Å². The molecular weight excluding hydrogens is 506 g/mol. The predicted molar refractivity (Wildman–Crippen MR) is 158 cm³/mol. The highest BCUT2D eigenvalue weighted by atomic mass is 16.5. The van der Waals surface area contributed by atoms with Gasteiger partial charge < -0.3 is 25.0 Å². The summed E-state index contributed by atoms with van der Waals surface area (Å²) >= 11 is 0. The monoisotopic (exact) mass is 551 g/mol. The molecule has 2 aromatic carbocycles. The zero-order valence-corrected chi connectivity index (χ0v) is 24.4. The molecule has 1 fully saturated rings. The first-order valence-electron chi connectivity index (χ1n) is 14.6. The Labute approximate surface area is 238 Å². The highest BCUT2D eigenvalue weighted by Crippen LogP contribution is 2.28. The number of rotatable bonds is 17. The standard InChI is InChI=1S/C32H45N3O5/c1-5-39-28-19-26(18-27(20-28)35-16-10-15-31(35)37)32(38)34-29(17-25-13-7-6-8-14-25)30(40-22-36)21-33-24(4)12-9-11-23(2)3/h6-8,13-14,18-20,22-24,29-30,33H,5,9-12,15-17,21H2,1-4H3,(H,34,38). The third-order valence-corrected chi connectivity index (χ3v) is 7.23. The maximum absolute atomic E-state index is 13.7. The van der Waals surface area contributed by atoms with E-state index in [2.05, 4.69) is 31.4 Å². The van der Waals surface area contributed by atoms with Crippen LogP contribution in [0.5, 0.6) is 5.75 Å². The van der Waals surface area contributed by atoms with Gasteiger partial charge in [-0.2, -0.15) is 0 Å². The SMILES string of the molecule is CCOc1cc(C(=O)NC(Cc2ccccc2)C(CNC(C)CCCC(C)C)OC=O)cc(N2CCCC2=O)c1. The summed E-state index contributed by atoms with van der Waals surface area (Å²) in [7, 11) is 0. The van der Waals surface area contributed by atoms with Crippen LogP contribution in [-0.2, 0) is 20.7 Å². The molecule has 3 rings (SSSR count). The first kappa shape index (κ1) is 31.1. The van der Waals surface area contributed by atoms with Gasteiger partial charge >= 0.3 is 0 Å². The van der Waals surface area contributed by atoms with E-state index in [4.69, 9.17) is 9.47 Å². The smallest absolute Gasteiger partial charge is 0.293 e. The molecule has 0 radical (unpaired) electrons. The number of hydrogen-bond donors (Lipinski definition) is 2. The van der Waals surface area contributed by atoms with Crippen LogP contribution < -0.4 is 20.3 Å². The fourth-order valence-electron chi connectivity index (χ4n) is 5.04. The first-order chi connectivity index (χ1) is 19.3. The number of amides is 2. The lowest BCUT2D eigenvalue weighted by Crippen LogP contribution is -2.51. The molecule has 0 aromatic heterocycles. The Hall–Kier alpha value is -3.39. The van der Waals surface area contributed by atoms with Crippen LogP contribution in [0.15, 0.2) is 48.5 Å². The van der Waals surface area contributed by atoms with Crippen LogP contribution >= 0.6 is 0 Å². The van der Waals surface area contributed by atoms with Gasteiger partial charge in [0.15, 0.2) is 0 Å². The van der Waals surface area contributed by atoms with Crippen molar-refractivity contribution in [1.29, 1.82) is 0 Å². The van der Waals surface area contributed by atoms with E-state index in [1.54, 1.807) is 23.1 Å². The van der Waals surface area contributed by atoms with Gasteiger partial charge in [-0.25, -0.2) is 0 Å². The van der Waals surface area contributed by atoms with Gasteiger partial charge in [0.05, 0.1) is 12.6 Å². The Kier molecular flexibility index (Phi) is 12.5. The number of carbonyl (C=O) groups is 3. The molecular formula is C32H45N3O5. The number of nitrogens with one attached hydrogen (secondary N) is 2. The van der Waals surface area contributed by atoms with Crippen LogP contribution in [0.3, 0.4) is 0 Å². The van der Waals surface area contributed by atoms with Crippen LogP contribution in [0.4, 0.5) is 5.69 Å². The molecule has 2 amide bonds. The average Bonchev–Trinajstić information content (AvgIpc) is 3.37. The van der Waals surface area contributed by atoms with Gasteiger partial charge in [0.2, 0.25) is 5.91 Å². The van der Waals surface area contributed by atoms with Crippen molar-refractivity contribution in [2.24, 2.45) is 5.92 Å². The predicted octanol–water partition coefficient (Wildman–Crippen LogP) is 4.90. The number of anilines is 1. The minimum Gasteiger partial charge on any atom is -0.494 e. The highest BCUT2D eigenvalue weighted by Gasteiger charge is 2.28. The molecule has 0 bridgehead atoms. The van der Waals surface area contributed by atoms with Crippen molar-refractivity contribution in [3.63, 3.8) is 0 Å². The van der Waals surface area contributed by atoms with Gasteiger partial charge in [-0.1, -0.05) is 57.0 Å². The fourth-order valence-corrected chi connectivity index (χ4v) is 5.04. The number of carbonyl (C=O) groups excluding carboxylic acids is 3. The summed E-state index contributed by atoms with van der Waals surface area (Å²) in [6.45, 7) is 10.4. The van der Waals surface area contributed by atoms with Crippen molar-refractivity contribution in [3.8, 4) is 5.75 Å². The van der Waals surface area contributed by atoms with Crippen molar-refractivity contribution in [3.05, 3.63) is 59.7 Å². The molecule has 1 aliphatic rings. The molecule has 3 unspecified atom stereocenters. The normalized spacial score (nSPS) is 15.5. The van der Waals surface area contributed by atoms with Crippen molar-refractivity contribution in [1.82, 2.24) is 10.6 Å². The van der Waals surface area contributed by atoms with Crippen molar-refractivity contribution in [2.45, 2.75) is 84.4 Å². The summed E-state index contributed by atoms with van der Waals surface area (Å²) in [6.07, 6.45) is 4.48. The number of hydrogen-bond acceptors (Lipinski definition) is 6. The van der Waals surface area contributed by atoms with Crippen molar-refractivity contribution < 1.29 is 23.9 Å². The van der Waals surface area contributed by atoms with Gasteiger partial charge in [-0.15, -0.1) is 0 Å². The zero-order valence-electron chi connectivity index (χ0n) is 24.4. The van der Waals surface area contributed by atoms with Crippen molar-refractivity contribution >= 4 is 24.0 Å². The van der Waals surface area contributed by atoms with Crippen LogP contribution in [0.2, 0.25) is 0 Å². The first-order valence-corrected chi connectivity index (χ1v) is 14.6. The van der Waals surface area contributed by atoms with Crippen LogP contribution in [0, 0.1) is 5.92 Å². The third kappa shape index (κ3) is 9.66. The highest BCUT2D eigenvalue weighted by molar-refractivity contribution is 5.99. The maximum atomic E-state index is 13.7. The number of nitrogens with zero attached hydrogens (tertiary/aromatic N) is 1. The van der Waals surface area contributed by atoms with Crippen LogP contribution in [0.25, 0.3) is 0 Å². The van der Waals surface area contributed by atoms with Gasteiger partial charge in [0.25, 0.3) is 12.4 Å². The summed E-state index contributed by atoms with van der Waals surface area (Å²) in [4.78, 5) is 39.3. The molecule has 3 atom stereocenters. The van der Waals surface area contributed by atoms with Crippen LogP contribution in [-0.4, -0.2) is 56.2 Å². The molecule has 2 N–H and O–H groups in total. The second kappa shape index (κ2) is 16.0. The topological polar surface area (TPSA) is 97.0 Å². The van der Waals surface area contributed by atoms with Crippen LogP contribution in [0.1, 0.15) is 75.7 Å². The Morgan fingerprint density at radius 2 is 1.88 bits per heavy atom. The molecule has 8 heteroatoms. The summed E-state index contributed by atoms with van der Waals surface area (Å²) in [5.41, 5.74) is 2.05. The van der Waals surface area contributed by atoms with E-state index < -0.39 is 12.1 Å². The number of benzene rings is 2. The lowest BCUT2D eigenvalue weighted by Gasteiger charge is -2.29. The zero-order chi connectivity index (χ0) is 28.9. The molecule has 1 saturated heterocycles. The number of ether oxygens (including phenoxy) is 2. The van der Waals surface area contributed by atoms with E-state index in [1.807, 2.05) is 37.3 Å². The molecule has 0 aliphatic carbocycles. The summed E-state index contributed by atoms with van der Waals surface area (Å²) in [5, 5.41) is 6.62. The quantitative estimate of drug-likeness (QED) is 0.272. The molecule has 8 nitrogen and oxygen atoms in total. The van der Waals surface area contributed by atoms with Gasteiger partial charge in [-0.05, 0) is 56.7 Å². The summed E-state index contributed by atoms with van der Waals surface area (Å²) < 4.78 is 11.3. The molecule has 0 saturated carbocycles. The largest absolute Gasteiger partial charge is 0.494 e. The molecule has 1 heterocycles. The summed E-state index contributed by atoms with van der Waals surface area (Å²) in [6, 6.07) is 14.8. The van der Waals surface area contributed by atoms with E-state index >= 15 is 0 Å². The van der Waals surface area contributed by atoms with E-state index in [-0.39, 0.29) is 17.9 Å². The maximum Gasteiger partial charge on any atom is 0.293 e. The molecule has 218 valence electrons. The van der Waals surface area contributed by atoms with Gasteiger partial charge in [-0.3, -0.25) is 14.4 Å². The van der Waals surface area contributed by atoms with E-state index in [0.29, 0.717) is 61.9 Å². The molecule has 1 aliphatic heterocycles. The Balaban J connectivity index is 1.81. The molecule has 40 heavy (non-hydrogen) atoms. The second-order valence-electron chi connectivity index (χ2n) is 11.0. The minimum absolute atomic E-state index is 0.0370. The van der Waals surface area contributed by atoms with Gasteiger partial charge in [0, 0.05) is 42.9 Å². The summed E-state index contributed by atoms with van der Waals surface area (Å²) in [5.74, 6) is 0.908. The van der Waals surface area contributed by atoms with Gasteiger partial charge in [0.1, 0.15) is 11.9 Å². The molecule has 0 spiro atoms. The second-order valence-corrected chi connectivity index (χ2v) is 11.0. The van der Waals surface area contributed by atoms with E-state index in [1.165, 1.54) is 6.42 Å². The molecule has 2 aromatic rings. The fraction of sp³-hybridized carbons (Fsp3) is 0.531. The van der Waals surface area contributed by atoms with E-state index in [9.17, 15) is 14.4 Å². The van der Waals surface area contributed by atoms with E-state index in [0.717, 1.165) is 24.8 Å². The Morgan fingerprint density at radius 3 is 2.52 bits per heavy atom. The average molecular weight is 552 g/mol. The minimum atomic E-state index is -0.580.